The molecule has 0 aliphatic heterocycles. The van der Waals surface area contributed by atoms with Crippen molar-refractivity contribution in [2.24, 2.45) is 0 Å². The smallest absolute Gasteiger partial charge is 0.136 e. The van der Waals surface area contributed by atoms with E-state index in [0.29, 0.717) is 33.4 Å². The van der Waals surface area contributed by atoms with Crippen LogP contribution in [0.25, 0.3) is 77.3 Å². The van der Waals surface area contributed by atoms with E-state index in [4.69, 9.17) is 8.83 Å². The Hall–Kier alpha value is -6.61. The topological polar surface area (TPSA) is 97.7 Å². The van der Waals surface area contributed by atoms with Crippen LogP contribution in [0.4, 0.5) is 0 Å². The van der Waals surface area contributed by atoms with Gasteiger partial charge in [0.2, 0.25) is 0 Å². The van der Waals surface area contributed by atoms with Gasteiger partial charge in [-0.05, 0) is 77.4 Å². The molecule has 0 atom stereocenters. The highest BCUT2D eigenvalue weighted by molar-refractivity contribution is 6.08. The van der Waals surface area contributed by atoms with Crippen LogP contribution in [-0.4, -0.2) is 0 Å². The molecule has 8 rings (SSSR count). The van der Waals surface area contributed by atoms with Crippen molar-refractivity contribution >= 4 is 43.9 Å². The van der Waals surface area contributed by atoms with Crippen molar-refractivity contribution in [2.75, 3.05) is 0 Å². The first-order valence-electron chi connectivity index (χ1n) is 14.0. The summed E-state index contributed by atoms with van der Waals surface area (Å²) in [7, 11) is 0. The van der Waals surface area contributed by atoms with Gasteiger partial charge < -0.3 is 8.83 Å². The molecule has 2 heterocycles. The highest BCUT2D eigenvalue weighted by Gasteiger charge is 2.21. The van der Waals surface area contributed by atoms with Gasteiger partial charge in [0, 0.05) is 38.2 Å². The van der Waals surface area contributed by atoms with E-state index in [-0.39, 0.29) is 0 Å². The van der Waals surface area contributed by atoms with Crippen LogP contribution in [0.3, 0.4) is 0 Å². The minimum absolute atomic E-state index is 0.327. The highest BCUT2D eigenvalue weighted by atomic mass is 16.3. The van der Waals surface area contributed by atoms with Crippen molar-refractivity contribution in [3.05, 3.63) is 132 Å². The summed E-state index contributed by atoms with van der Waals surface area (Å²) in [4.78, 5) is 0. The summed E-state index contributed by atoms with van der Waals surface area (Å²) >= 11 is 0. The molecule has 0 amide bonds. The van der Waals surface area contributed by atoms with E-state index in [1.165, 1.54) is 0 Å². The number of nitriles is 3. The van der Waals surface area contributed by atoms with Crippen molar-refractivity contribution in [3.8, 4) is 51.6 Å². The zero-order chi connectivity index (χ0) is 29.8. The molecule has 0 saturated heterocycles. The van der Waals surface area contributed by atoms with Crippen molar-refractivity contribution < 1.29 is 8.83 Å². The van der Waals surface area contributed by atoms with Crippen LogP contribution in [0, 0.1) is 34.0 Å². The van der Waals surface area contributed by atoms with E-state index in [2.05, 4.69) is 18.2 Å². The Morgan fingerprint density at radius 3 is 1.70 bits per heavy atom. The summed E-state index contributed by atoms with van der Waals surface area (Å²) in [5, 5.41) is 34.7. The van der Waals surface area contributed by atoms with Crippen LogP contribution in [0.15, 0.2) is 124 Å². The number of benzene rings is 6. The Morgan fingerprint density at radius 1 is 0.409 bits per heavy atom. The fourth-order valence-corrected chi connectivity index (χ4v) is 6.18. The van der Waals surface area contributed by atoms with Crippen molar-refractivity contribution in [3.63, 3.8) is 0 Å². The Balaban J connectivity index is 1.44. The van der Waals surface area contributed by atoms with Crippen LogP contribution in [0.2, 0.25) is 0 Å². The molecule has 2 aromatic heterocycles. The molecule has 0 saturated carbocycles. The second-order valence-electron chi connectivity index (χ2n) is 10.6. The zero-order valence-electron chi connectivity index (χ0n) is 23.1. The lowest BCUT2D eigenvalue weighted by molar-refractivity contribution is 0.668. The van der Waals surface area contributed by atoms with Crippen molar-refractivity contribution in [2.45, 2.75) is 0 Å². The summed E-state index contributed by atoms with van der Waals surface area (Å²) in [5.41, 5.74) is 8.31. The Bertz CT molecular complexity index is 2570. The van der Waals surface area contributed by atoms with Crippen LogP contribution >= 0.6 is 0 Å². The summed E-state index contributed by atoms with van der Waals surface area (Å²) in [6, 6.07) is 43.6. The monoisotopic (exact) mass is 561 g/mol. The van der Waals surface area contributed by atoms with E-state index in [1.807, 2.05) is 97.1 Å². The first kappa shape index (κ1) is 25.1. The van der Waals surface area contributed by atoms with Gasteiger partial charge in [-0.15, -0.1) is 0 Å². The number of hydrogen-bond donors (Lipinski definition) is 0. The molecule has 202 valence electrons. The second-order valence-corrected chi connectivity index (χ2v) is 10.6. The second kappa shape index (κ2) is 9.74. The van der Waals surface area contributed by atoms with Crippen LogP contribution in [0.5, 0.6) is 0 Å². The average molecular weight is 562 g/mol. The third kappa shape index (κ3) is 3.77. The molecule has 5 nitrogen and oxygen atoms in total. The number of hydrogen-bond acceptors (Lipinski definition) is 5. The average Bonchev–Trinajstić information content (AvgIpc) is 3.64. The highest BCUT2D eigenvalue weighted by Crippen LogP contribution is 2.42. The van der Waals surface area contributed by atoms with Gasteiger partial charge in [0.15, 0.2) is 0 Å². The molecule has 0 fully saturated rings. The maximum atomic E-state index is 10.6. The molecular weight excluding hydrogens is 542 g/mol. The lowest BCUT2D eigenvalue weighted by Gasteiger charge is -2.16. The van der Waals surface area contributed by atoms with Crippen LogP contribution in [0.1, 0.15) is 16.7 Å². The number of rotatable bonds is 3. The van der Waals surface area contributed by atoms with E-state index < -0.39 is 0 Å². The fourth-order valence-electron chi connectivity index (χ4n) is 6.18. The number of fused-ring (bicyclic) bond motifs is 6. The van der Waals surface area contributed by atoms with E-state index in [1.54, 1.807) is 18.2 Å². The predicted octanol–water partition coefficient (Wildman–Crippen LogP) is 10.1. The lowest BCUT2D eigenvalue weighted by Crippen LogP contribution is -1.97. The third-order valence-electron chi connectivity index (χ3n) is 8.22. The predicted molar refractivity (Wildman–Crippen MR) is 171 cm³/mol. The normalized spacial score (nSPS) is 11.1. The molecule has 0 aliphatic carbocycles. The summed E-state index contributed by atoms with van der Waals surface area (Å²) in [6.45, 7) is 0. The van der Waals surface area contributed by atoms with Gasteiger partial charge >= 0.3 is 0 Å². The maximum absolute atomic E-state index is 10.6. The molecule has 44 heavy (non-hydrogen) atoms. The van der Waals surface area contributed by atoms with E-state index in [9.17, 15) is 15.8 Å². The third-order valence-corrected chi connectivity index (χ3v) is 8.22. The molecular formula is C39H19N3O2. The number of nitrogens with zero attached hydrogens (tertiary/aromatic N) is 3. The van der Waals surface area contributed by atoms with Gasteiger partial charge in [-0.1, -0.05) is 54.6 Å². The molecule has 5 heteroatoms. The van der Waals surface area contributed by atoms with Crippen LogP contribution in [-0.2, 0) is 0 Å². The molecule has 6 aromatic carbocycles. The van der Waals surface area contributed by atoms with E-state index in [0.717, 1.165) is 60.6 Å². The first-order valence-corrected chi connectivity index (χ1v) is 14.0. The molecule has 0 spiro atoms. The Kier molecular flexibility index (Phi) is 5.56. The van der Waals surface area contributed by atoms with Gasteiger partial charge in [-0.3, -0.25) is 0 Å². The molecule has 0 N–H and O–H groups in total. The van der Waals surface area contributed by atoms with Crippen LogP contribution < -0.4 is 0 Å². The van der Waals surface area contributed by atoms with Crippen molar-refractivity contribution in [1.82, 2.24) is 0 Å². The van der Waals surface area contributed by atoms with E-state index >= 15 is 0 Å². The fraction of sp³-hybridized carbons (Fsp3) is 0. The van der Waals surface area contributed by atoms with Gasteiger partial charge in [-0.25, -0.2) is 0 Å². The first-order chi connectivity index (χ1) is 21.7. The van der Waals surface area contributed by atoms with Gasteiger partial charge in [0.25, 0.3) is 0 Å². The standard InChI is InChI=1S/C39H19N3O2/c40-20-25-6-5-7-26(21-41)39(25)33-18-27(23-12-14-30-28-8-1-3-10-35(28)44-38(30)19-23)17-31(34(33)22-42)24-13-15-37-32(16-24)29-9-2-4-11-36(29)43-37/h1-19H. The molecule has 0 aliphatic rings. The minimum Gasteiger partial charge on any atom is -0.456 e. The molecule has 0 radical (unpaired) electrons. The molecule has 0 unspecified atom stereocenters. The number of furan rings is 2. The quantitative estimate of drug-likeness (QED) is 0.214. The molecule has 0 bridgehead atoms. The van der Waals surface area contributed by atoms with Crippen molar-refractivity contribution in [1.29, 1.82) is 15.8 Å². The number of para-hydroxylation sites is 2. The van der Waals surface area contributed by atoms with Gasteiger partial charge in [-0.2, -0.15) is 15.8 Å². The zero-order valence-corrected chi connectivity index (χ0v) is 23.1. The largest absolute Gasteiger partial charge is 0.456 e. The summed E-state index contributed by atoms with van der Waals surface area (Å²) in [6.07, 6.45) is 0. The lowest BCUT2D eigenvalue weighted by atomic mass is 9.85. The molecule has 8 aromatic rings. The maximum Gasteiger partial charge on any atom is 0.136 e. The SMILES string of the molecule is N#Cc1cccc(C#N)c1-c1cc(-c2ccc3c(c2)oc2ccccc23)cc(-c2ccc3oc4ccccc4c3c2)c1C#N. The minimum atomic E-state index is 0.327. The summed E-state index contributed by atoms with van der Waals surface area (Å²) < 4.78 is 12.3. The van der Waals surface area contributed by atoms with Gasteiger partial charge in [0.05, 0.1) is 28.8 Å². The summed E-state index contributed by atoms with van der Waals surface area (Å²) in [5.74, 6) is 0. The Labute approximate surface area is 251 Å². The Morgan fingerprint density at radius 2 is 1.00 bits per heavy atom. The van der Waals surface area contributed by atoms with Gasteiger partial charge in [0.1, 0.15) is 28.4 Å².